The Morgan fingerprint density at radius 2 is 2.11 bits per heavy atom. The molecule has 4 nitrogen and oxygen atoms in total. The van der Waals surface area contributed by atoms with Gasteiger partial charge in [-0.05, 0) is 24.6 Å². The van der Waals surface area contributed by atoms with Crippen molar-refractivity contribution < 1.29 is 14.3 Å². The first-order chi connectivity index (χ1) is 8.63. The summed E-state index contributed by atoms with van der Waals surface area (Å²) in [6, 6.07) is 7.15. The lowest BCUT2D eigenvalue weighted by Crippen LogP contribution is -2.29. The molecule has 1 aromatic carbocycles. The normalized spacial score (nSPS) is 10.3. The van der Waals surface area contributed by atoms with E-state index in [1.165, 1.54) is 6.08 Å². The van der Waals surface area contributed by atoms with Gasteiger partial charge in [0.15, 0.2) is 0 Å². The van der Waals surface area contributed by atoms with E-state index in [4.69, 9.17) is 11.6 Å². The first kappa shape index (κ1) is 14.3. The van der Waals surface area contributed by atoms with Crippen LogP contribution in [0.25, 0.3) is 6.08 Å². The summed E-state index contributed by atoms with van der Waals surface area (Å²) in [6.45, 7) is 1.86. The number of esters is 1. The van der Waals surface area contributed by atoms with Crippen LogP contribution >= 0.6 is 11.6 Å². The van der Waals surface area contributed by atoms with E-state index in [0.29, 0.717) is 11.6 Å². The molecule has 0 saturated heterocycles. The molecule has 0 aliphatic carbocycles. The Morgan fingerprint density at radius 3 is 2.78 bits per heavy atom. The van der Waals surface area contributed by atoms with E-state index in [-0.39, 0.29) is 12.5 Å². The van der Waals surface area contributed by atoms with Gasteiger partial charge in [0.2, 0.25) is 5.91 Å². The lowest BCUT2D eigenvalue weighted by Gasteiger charge is -2.02. The van der Waals surface area contributed by atoms with Crippen LogP contribution in [0.15, 0.2) is 30.3 Å². The molecule has 0 spiro atoms. The number of hydrogen-bond donors (Lipinski definition) is 1. The van der Waals surface area contributed by atoms with E-state index in [1.807, 2.05) is 6.07 Å². The highest BCUT2D eigenvalue weighted by Crippen LogP contribution is 2.15. The highest BCUT2D eigenvalue weighted by atomic mass is 35.5. The van der Waals surface area contributed by atoms with Gasteiger partial charge in [-0.15, -0.1) is 0 Å². The zero-order valence-corrected chi connectivity index (χ0v) is 10.7. The molecular formula is C13H14ClNO3. The maximum atomic E-state index is 11.4. The minimum Gasteiger partial charge on any atom is -0.465 e. The maximum Gasteiger partial charge on any atom is 0.325 e. The molecule has 1 amide bonds. The average Bonchev–Trinajstić information content (AvgIpc) is 2.36. The number of amides is 1. The van der Waals surface area contributed by atoms with Crippen LogP contribution in [0.2, 0.25) is 5.02 Å². The quantitative estimate of drug-likeness (QED) is 0.656. The second-order valence-electron chi connectivity index (χ2n) is 3.38. The van der Waals surface area contributed by atoms with Crippen LogP contribution in [-0.2, 0) is 14.3 Å². The fourth-order valence-electron chi connectivity index (χ4n) is 1.21. The Balaban J connectivity index is 2.45. The number of nitrogens with one attached hydrogen (secondary N) is 1. The molecule has 1 N–H and O–H groups in total. The van der Waals surface area contributed by atoms with Crippen LogP contribution in [0, 0.1) is 0 Å². The standard InChI is InChI=1S/C13H14ClNO3/c1-2-18-13(17)9-15-12(16)8-7-10-5-3-4-6-11(10)14/h3-8H,2,9H2,1H3,(H,15,16). The van der Waals surface area contributed by atoms with Crippen LogP contribution in [-0.4, -0.2) is 25.0 Å². The molecule has 1 aromatic rings. The van der Waals surface area contributed by atoms with Gasteiger partial charge in [-0.25, -0.2) is 0 Å². The number of carbonyl (C=O) groups excluding carboxylic acids is 2. The van der Waals surface area contributed by atoms with Crippen LogP contribution in [0.3, 0.4) is 0 Å². The van der Waals surface area contributed by atoms with Crippen molar-refractivity contribution in [2.75, 3.05) is 13.2 Å². The molecule has 0 aliphatic heterocycles. The van der Waals surface area contributed by atoms with Gasteiger partial charge in [0.25, 0.3) is 0 Å². The smallest absolute Gasteiger partial charge is 0.325 e. The molecule has 0 saturated carbocycles. The Hall–Kier alpha value is -1.81. The molecule has 96 valence electrons. The first-order valence-corrected chi connectivity index (χ1v) is 5.87. The summed E-state index contributed by atoms with van der Waals surface area (Å²) in [5.41, 5.74) is 0.741. The lowest BCUT2D eigenvalue weighted by atomic mass is 10.2. The van der Waals surface area contributed by atoms with Crippen LogP contribution in [0.4, 0.5) is 0 Å². The minimum atomic E-state index is -0.461. The van der Waals surface area contributed by atoms with Gasteiger partial charge in [0.1, 0.15) is 6.54 Å². The van der Waals surface area contributed by atoms with E-state index in [9.17, 15) is 9.59 Å². The highest BCUT2D eigenvalue weighted by molar-refractivity contribution is 6.32. The Labute approximate surface area is 111 Å². The summed E-state index contributed by atoms with van der Waals surface area (Å²) in [7, 11) is 0. The number of benzene rings is 1. The summed E-state index contributed by atoms with van der Waals surface area (Å²) >= 11 is 5.92. The fraction of sp³-hybridized carbons (Fsp3) is 0.231. The van der Waals surface area contributed by atoms with Crippen molar-refractivity contribution in [1.82, 2.24) is 5.32 Å². The number of carbonyl (C=O) groups is 2. The first-order valence-electron chi connectivity index (χ1n) is 5.49. The Morgan fingerprint density at radius 1 is 1.39 bits per heavy atom. The van der Waals surface area contributed by atoms with Crippen molar-refractivity contribution in [2.45, 2.75) is 6.92 Å². The maximum absolute atomic E-state index is 11.4. The van der Waals surface area contributed by atoms with Crippen LogP contribution < -0.4 is 5.32 Å². The van der Waals surface area contributed by atoms with Crippen molar-refractivity contribution in [3.05, 3.63) is 40.9 Å². The Bertz CT molecular complexity index is 457. The summed E-state index contributed by atoms with van der Waals surface area (Å²) in [5.74, 6) is -0.833. The highest BCUT2D eigenvalue weighted by Gasteiger charge is 2.03. The molecule has 0 fully saturated rings. The van der Waals surface area contributed by atoms with E-state index >= 15 is 0 Å². The number of hydrogen-bond acceptors (Lipinski definition) is 3. The molecule has 5 heteroatoms. The van der Waals surface area contributed by atoms with Crippen molar-refractivity contribution >= 4 is 29.6 Å². The van der Waals surface area contributed by atoms with Gasteiger partial charge in [0.05, 0.1) is 6.61 Å². The number of rotatable bonds is 5. The summed E-state index contributed by atoms with van der Waals surface area (Å²) < 4.78 is 4.68. The van der Waals surface area contributed by atoms with Crippen LogP contribution in [0.1, 0.15) is 12.5 Å². The number of ether oxygens (including phenoxy) is 1. The number of halogens is 1. The monoisotopic (exact) mass is 267 g/mol. The van der Waals surface area contributed by atoms with Crippen LogP contribution in [0.5, 0.6) is 0 Å². The topological polar surface area (TPSA) is 55.4 Å². The second-order valence-corrected chi connectivity index (χ2v) is 3.78. The molecule has 0 radical (unpaired) electrons. The molecule has 0 heterocycles. The molecule has 0 unspecified atom stereocenters. The van der Waals surface area contributed by atoms with Crippen molar-refractivity contribution in [3.8, 4) is 0 Å². The van der Waals surface area contributed by atoms with Gasteiger partial charge in [-0.1, -0.05) is 29.8 Å². The van der Waals surface area contributed by atoms with E-state index in [1.54, 1.807) is 31.2 Å². The average molecular weight is 268 g/mol. The van der Waals surface area contributed by atoms with Gasteiger partial charge in [-0.2, -0.15) is 0 Å². The SMILES string of the molecule is CCOC(=O)CNC(=O)C=Cc1ccccc1Cl. The largest absolute Gasteiger partial charge is 0.465 e. The molecular weight excluding hydrogens is 254 g/mol. The van der Waals surface area contributed by atoms with Crippen molar-refractivity contribution in [2.24, 2.45) is 0 Å². The predicted molar refractivity (Wildman–Crippen MR) is 70.1 cm³/mol. The third-order valence-corrected chi connectivity index (χ3v) is 2.38. The third-order valence-electron chi connectivity index (χ3n) is 2.03. The van der Waals surface area contributed by atoms with Gasteiger partial charge >= 0.3 is 5.97 Å². The molecule has 0 aliphatic rings. The molecule has 0 bridgehead atoms. The third kappa shape index (κ3) is 5.01. The molecule has 0 atom stereocenters. The Kier molecular flexibility index (Phi) is 5.94. The minimum absolute atomic E-state index is 0.139. The zero-order valence-electron chi connectivity index (χ0n) is 9.98. The van der Waals surface area contributed by atoms with Gasteiger partial charge in [-0.3, -0.25) is 9.59 Å². The van der Waals surface area contributed by atoms with E-state index < -0.39 is 5.97 Å². The predicted octanol–water partition coefficient (Wildman–Crippen LogP) is 2.03. The summed E-state index contributed by atoms with van der Waals surface area (Å²) in [6.07, 6.45) is 2.91. The fourth-order valence-corrected chi connectivity index (χ4v) is 1.40. The zero-order chi connectivity index (χ0) is 13.4. The summed E-state index contributed by atoms with van der Waals surface area (Å²) in [5, 5.41) is 2.98. The van der Waals surface area contributed by atoms with E-state index in [0.717, 1.165) is 5.56 Å². The summed E-state index contributed by atoms with van der Waals surface area (Å²) in [4.78, 5) is 22.4. The van der Waals surface area contributed by atoms with Crippen molar-refractivity contribution in [1.29, 1.82) is 0 Å². The lowest BCUT2D eigenvalue weighted by molar-refractivity contribution is -0.143. The second kappa shape index (κ2) is 7.50. The molecule has 0 aromatic heterocycles. The molecule has 18 heavy (non-hydrogen) atoms. The van der Waals surface area contributed by atoms with Crippen molar-refractivity contribution in [3.63, 3.8) is 0 Å². The van der Waals surface area contributed by atoms with E-state index in [2.05, 4.69) is 10.1 Å². The van der Waals surface area contributed by atoms with Gasteiger partial charge < -0.3 is 10.1 Å². The van der Waals surface area contributed by atoms with Gasteiger partial charge in [0, 0.05) is 11.1 Å². The molecule has 1 rings (SSSR count).